The van der Waals surface area contributed by atoms with E-state index in [1.165, 1.54) is 11.1 Å². The average Bonchev–Trinajstić information content (AvgIpc) is 2.31. The third-order valence-corrected chi connectivity index (χ3v) is 3.05. The van der Waals surface area contributed by atoms with Gasteiger partial charge in [-0.25, -0.2) is 0 Å². The minimum absolute atomic E-state index is 0.765. The number of nitrogens with zero attached hydrogens (tertiary/aromatic N) is 1. The molecule has 3 heteroatoms. The molecule has 0 bridgehead atoms. The van der Waals surface area contributed by atoms with E-state index in [0.717, 1.165) is 10.5 Å². The van der Waals surface area contributed by atoms with Gasteiger partial charge < -0.3 is 0 Å². The average molecular weight is 245 g/mol. The molecule has 1 heterocycles. The van der Waals surface area contributed by atoms with E-state index in [-0.39, 0.29) is 0 Å². The lowest BCUT2D eigenvalue weighted by Crippen LogP contribution is -1.79. The summed E-state index contributed by atoms with van der Waals surface area (Å²) in [6.45, 7) is 2.04. The third-order valence-electron chi connectivity index (χ3n) is 1.88. The number of benzene rings is 1. The van der Waals surface area contributed by atoms with Crippen LogP contribution in [0.4, 0.5) is 0 Å². The van der Waals surface area contributed by atoms with Gasteiger partial charge in [-0.3, -0.25) is 3.59 Å². The molecule has 0 fully saturated rings. The Balaban J connectivity index is 2.88. The minimum Gasteiger partial charge on any atom is -0.281 e. The Bertz CT molecular complexity index is 433. The predicted molar refractivity (Wildman–Crippen MR) is 56.0 cm³/mol. The molecule has 0 aliphatic carbocycles. The first-order chi connectivity index (χ1) is 5.68. The maximum Gasteiger partial charge on any atom is 0.0609 e. The summed E-state index contributed by atoms with van der Waals surface area (Å²) in [5, 5.41) is 1.97. The van der Waals surface area contributed by atoms with Crippen molar-refractivity contribution in [1.29, 1.82) is 0 Å². The standard InChI is InChI=1S/C9H7BrClN/c1-6-4-7-2-3-8(11)5-9(7)12(6)10/h2-5H,1H3. The van der Waals surface area contributed by atoms with Gasteiger partial charge in [-0.05, 0) is 25.1 Å². The van der Waals surface area contributed by atoms with Gasteiger partial charge in [0.1, 0.15) is 0 Å². The molecule has 0 N–H and O–H groups in total. The second-order valence-electron chi connectivity index (χ2n) is 2.77. The summed E-state index contributed by atoms with van der Waals surface area (Å²) in [7, 11) is 0. The van der Waals surface area contributed by atoms with Gasteiger partial charge in [0.05, 0.1) is 21.7 Å². The second kappa shape index (κ2) is 2.79. The Morgan fingerprint density at radius 2 is 2.08 bits per heavy atom. The third kappa shape index (κ3) is 1.15. The van der Waals surface area contributed by atoms with Crippen LogP contribution in [0, 0.1) is 6.92 Å². The molecule has 62 valence electrons. The van der Waals surface area contributed by atoms with Crippen LogP contribution in [0.1, 0.15) is 5.69 Å². The van der Waals surface area contributed by atoms with Crippen molar-refractivity contribution in [3.8, 4) is 0 Å². The van der Waals surface area contributed by atoms with Gasteiger partial charge in [0.2, 0.25) is 0 Å². The molecule has 0 amide bonds. The summed E-state index contributed by atoms with van der Waals surface area (Å²) in [5.74, 6) is 0. The predicted octanol–water partition coefficient (Wildman–Crippen LogP) is 3.76. The highest BCUT2D eigenvalue weighted by Gasteiger charge is 2.02. The lowest BCUT2D eigenvalue weighted by molar-refractivity contribution is 1.24. The SMILES string of the molecule is Cc1cc2ccc(Cl)cc2n1Br. The molecule has 2 rings (SSSR count). The molecule has 0 saturated carbocycles. The first-order valence-electron chi connectivity index (χ1n) is 3.62. The second-order valence-corrected chi connectivity index (χ2v) is 3.92. The van der Waals surface area contributed by atoms with Crippen molar-refractivity contribution in [2.75, 3.05) is 0 Å². The summed E-state index contributed by atoms with van der Waals surface area (Å²) in [5.41, 5.74) is 2.28. The van der Waals surface area contributed by atoms with Crippen LogP contribution in [-0.4, -0.2) is 3.59 Å². The van der Waals surface area contributed by atoms with Gasteiger partial charge >= 0.3 is 0 Å². The molecule has 0 atom stereocenters. The van der Waals surface area contributed by atoms with Gasteiger partial charge in [-0.1, -0.05) is 17.7 Å². The molecule has 0 spiro atoms. The van der Waals surface area contributed by atoms with Gasteiger partial charge in [-0.2, -0.15) is 0 Å². The number of hydrogen-bond acceptors (Lipinski definition) is 0. The van der Waals surface area contributed by atoms with Crippen LogP contribution in [0.2, 0.25) is 5.02 Å². The van der Waals surface area contributed by atoms with Crippen molar-refractivity contribution in [2.24, 2.45) is 0 Å². The highest BCUT2D eigenvalue weighted by molar-refractivity contribution is 9.08. The highest BCUT2D eigenvalue weighted by Crippen LogP contribution is 2.24. The fourth-order valence-corrected chi connectivity index (χ4v) is 1.86. The maximum absolute atomic E-state index is 5.87. The number of fused-ring (bicyclic) bond motifs is 1. The van der Waals surface area contributed by atoms with Crippen LogP contribution < -0.4 is 0 Å². The molecule has 0 unspecified atom stereocenters. The van der Waals surface area contributed by atoms with E-state index in [2.05, 4.69) is 22.2 Å². The van der Waals surface area contributed by atoms with Crippen LogP contribution in [0.3, 0.4) is 0 Å². The number of halogens is 2. The van der Waals surface area contributed by atoms with E-state index in [4.69, 9.17) is 11.6 Å². The lowest BCUT2D eigenvalue weighted by Gasteiger charge is -1.95. The van der Waals surface area contributed by atoms with E-state index in [1.807, 2.05) is 28.7 Å². The van der Waals surface area contributed by atoms with Gasteiger partial charge in [0, 0.05) is 16.1 Å². The van der Waals surface area contributed by atoms with Crippen molar-refractivity contribution in [2.45, 2.75) is 6.92 Å². The molecule has 1 aromatic carbocycles. The molecule has 0 aliphatic rings. The van der Waals surface area contributed by atoms with Crippen LogP contribution in [-0.2, 0) is 0 Å². The van der Waals surface area contributed by atoms with Crippen LogP contribution in [0.5, 0.6) is 0 Å². The largest absolute Gasteiger partial charge is 0.281 e. The van der Waals surface area contributed by atoms with Gasteiger partial charge in [0.25, 0.3) is 0 Å². The zero-order valence-corrected chi connectivity index (χ0v) is 8.85. The van der Waals surface area contributed by atoms with E-state index in [1.54, 1.807) is 0 Å². The van der Waals surface area contributed by atoms with Crippen LogP contribution in [0.25, 0.3) is 10.9 Å². The molecule has 12 heavy (non-hydrogen) atoms. The maximum atomic E-state index is 5.87. The molecule has 0 radical (unpaired) electrons. The van der Waals surface area contributed by atoms with Crippen molar-refractivity contribution in [3.05, 3.63) is 35.0 Å². The summed E-state index contributed by atoms with van der Waals surface area (Å²) in [4.78, 5) is 0. The Kier molecular flexibility index (Phi) is 1.89. The monoisotopic (exact) mass is 243 g/mol. The number of hydrogen-bond donors (Lipinski definition) is 0. The number of rotatable bonds is 0. The molecule has 0 aliphatic heterocycles. The number of aryl methyl sites for hydroxylation is 1. The first kappa shape index (κ1) is 8.14. The van der Waals surface area contributed by atoms with Crippen molar-refractivity contribution in [1.82, 2.24) is 3.59 Å². The molecular weight excluding hydrogens is 237 g/mol. The molecular formula is C9H7BrClN. The van der Waals surface area contributed by atoms with E-state index in [9.17, 15) is 0 Å². The topological polar surface area (TPSA) is 4.93 Å². The van der Waals surface area contributed by atoms with Gasteiger partial charge in [0.15, 0.2) is 0 Å². The zero-order chi connectivity index (χ0) is 8.72. The molecule has 2 aromatic rings. The summed E-state index contributed by atoms with van der Waals surface area (Å²) in [6, 6.07) is 7.97. The van der Waals surface area contributed by atoms with E-state index in [0.29, 0.717) is 0 Å². The molecule has 1 aromatic heterocycles. The summed E-state index contributed by atoms with van der Waals surface area (Å²) < 4.78 is 1.95. The first-order valence-corrected chi connectivity index (χ1v) is 4.71. The fraction of sp³-hybridized carbons (Fsp3) is 0.111. The van der Waals surface area contributed by atoms with Crippen molar-refractivity contribution >= 4 is 38.7 Å². The zero-order valence-electron chi connectivity index (χ0n) is 6.51. The molecule has 0 saturated heterocycles. The quantitative estimate of drug-likeness (QED) is 0.665. The Morgan fingerprint density at radius 3 is 2.83 bits per heavy atom. The number of aromatic nitrogens is 1. The van der Waals surface area contributed by atoms with E-state index < -0.39 is 0 Å². The lowest BCUT2D eigenvalue weighted by atomic mass is 10.2. The van der Waals surface area contributed by atoms with Crippen molar-refractivity contribution in [3.63, 3.8) is 0 Å². The Morgan fingerprint density at radius 1 is 1.33 bits per heavy atom. The smallest absolute Gasteiger partial charge is 0.0609 e. The minimum atomic E-state index is 0.765. The molecule has 1 nitrogen and oxygen atoms in total. The van der Waals surface area contributed by atoms with Crippen LogP contribution in [0.15, 0.2) is 24.3 Å². The van der Waals surface area contributed by atoms with Gasteiger partial charge in [-0.15, -0.1) is 0 Å². The normalized spacial score (nSPS) is 10.9. The van der Waals surface area contributed by atoms with Crippen LogP contribution >= 0.6 is 27.7 Å². The summed E-state index contributed by atoms with van der Waals surface area (Å²) in [6.07, 6.45) is 0. The van der Waals surface area contributed by atoms with Crippen molar-refractivity contribution < 1.29 is 0 Å². The summed E-state index contributed by atoms with van der Waals surface area (Å²) >= 11 is 9.31. The Labute approximate surface area is 84.3 Å². The van der Waals surface area contributed by atoms with E-state index >= 15 is 0 Å². The Hall–Kier alpha value is -0.470. The highest BCUT2D eigenvalue weighted by atomic mass is 79.9. The fourth-order valence-electron chi connectivity index (χ4n) is 1.28.